The number of allylic oxidation sites excluding steroid dienone is 2. The van der Waals surface area contributed by atoms with Gasteiger partial charge in [-0.1, -0.05) is 59.2 Å². The third-order valence-corrected chi connectivity index (χ3v) is 16.4. The van der Waals surface area contributed by atoms with Crippen LogP contribution >= 0.6 is 0 Å². The number of carboxylic acid groups (broad SMARTS) is 1. The highest BCUT2D eigenvalue weighted by Gasteiger charge is 2.66. The van der Waals surface area contributed by atoms with Crippen LogP contribution in [0.25, 0.3) is 0 Å². The maximum Gasteiger partial charge on any atom is 0.573 e. The quantitative estimate of drug-likeness (QED) is 0.185. The van der Waals surface area contributed by atoms with Crippen LogP contribution < -0.4 is 4.74 Å². The Kier molecular flexibility index (Phi) is 12.7. The molecule has 0 bridgehead atoms. The number of rotatable bonds is 14. The van der Waals surface area contributed by atoms with E-state index in [1.807, 2.05) is 14.1 Å². The number of nitrogens with zero attached hydrogens (tertiary/aromatic N) is 2. The molecule has 0 heterocycles. The summed E-state index contributed by atoms with van der Waals surface area (Å²) in [4.78, 5) is 43.6. The second-order valence-electron chi connectivity index (χ2n) is 21.6. The van der Waals surface area contributed by atoms with Crippen LogP contribution in [0.1, 0.15) is 132 Å². The molecule has 5 aliphatic carbocycles. The smallest absolute Gasteiger partial charge is 0.481 e. The van der Waals surface area contributed by atoms with Gasteiger partial charge in [-0.3, -0.25) is 19.3 Å². The number of alkyl halides is 3. The molecule has 5 aliphatic rings. The first-order valence-corrected chi connectivity index (χ1v) is 22.3. The molecule has 4 fully saturated rings. The molecule has 8 unspecified atom stereocenters. The summed E-state index contributed by atoms with van der Waals surface area (Å²) in [6.45, 7) is 20.2. The second-order valence-corrected chi connectivity index (χ2v) is 21.6. The largest absolute Gasteiger partial charge is 0.573 e. The van der Waals surface area contributed by atoms with Gasteiger partial charge in [-0.15, -0.1) is 13.2 Å². The summed E-state index contributed by atoms with van der Waals surface area (Å²) in [7, 11) is 4.09. The Labute approximate surface area is 351 Å². The monoisotopic (exact) mass is 829 g/mol. The van der Waals surface area contributed by atoms with Crippen molar-refractivity contribution in [3.8, 4) is 5.75 Å². The lowest BCUT2D eigenvalue weighted by molar-refractivity contribution is -0.274. The van der Waals surface area contributed by atoms with E-state index in [9.17, 15) is 32.7 Å². The number of benzene rings is 1. The number of carbonyl (C=O) groups is 3. The minimum absolute atomic E-state index is 0.0734. The van der Waals surface area contributed by atoms with Crippen LogP contribution in [-0.2, 0) is 25.7 Å². The number of likely N-dealkylation sites (N-methyl/N-ethyl adjacent to an activating group) is 1. The van der Waals surface area contributed by atoms with Gasteiger partial charge in [0, 0.05) is 36.9 Å². The van der Waals surface area contributed by atoms with Crippen LogP contribution in [-0.4, -0.2) is 78.8 Å². The molecule has 0 spiro atoms. The summed E-state index contributed by atoms with van der Waals surface area (Å²) in [6.07, 6.45) is 4.51. The predicted molar refractivity (Wildman–Crippen MR) is 222 cm³/mol. The molecular weight excluding hydrogens is 758 g/mol. The first-order valence-electron chi connectivity index (χ1n) is 22.3. The first kappa shape index (κ1) is 45.6. The van der Waals surface area contributed by atoms with E-state index in [-0.39, 0.29) is 45.9 Å². The molecule has 11 heteroatoms. The fourth-order valence-corrected chi connectivity index (χ4v) is 13.6. The molecule has 4 saturated carbocycles. The number of carbonyl (C=O) groups excluding carboxylic acids is 2. The lowest BCUT2D eigenvalue weighted by atomic mass is 9.36. The van der Waals surface area contributed by atoms with E-state index in [1.165, 1.54) is 17.7 Å². The molecule has 1 N–H and O–H groups in total. The number of ketones is 1. The van der Waals surface area contributed by atoms with Crippen molar-refractivity contribution < 1.29 is 42.1 Å². The fraction of sp³-hybridized carbons (Fsp3) is 0.771. The number of ether oxygens (including phenoxy) is 2. The van der Waals surface area contributed by atoms with E-state index < -0.39 is 23.7 Å². The minimum atomic E-state index is -4.73. The van der Waals surface area contributed by atoms with Gasteiger partial charge < -0.3 is 19.5 Å². The van der Waals surface area contributed by atoms with Crippen LogP contribution in [0.4, 0.5) is 13.2 Å². The minimum Gasteiger partial charge on any atom is -0.481 e. The van der Waals surface area contributed by atoms with Crippen LogP contribution in [0.3, 0.4) is 0 Å². The van der Waals surface area contributed by atoms with E-state index in [1.54, 1.807) is 26.0 Å². The summed E-state index contributed by atoms with van der Waals surface area (Å²) in [5.41, 5.74) is 2.05. The molecule has 6 rings (SSSR count). The van der Waals surface area contributed by atoms with Gasteiger partial charge in [-0.05, 0) is 156 Å². The number of hydrogen-bond donors (Lipinski definition) is 1. The molecule has 0 saturated heterocycles. The summed E-state index contributed by atoms with van der Waals surface area (Å²) >= 11 is 0. The van der Waals surface area contributed by atoms with Crippen molar-refractivity contribution in [3.63, 3.8) is 0 Å². The SMILES string of the molecule is CC(C)C1=C2C3CCC4C(C)(CCC5C(C)(C)C(OC(=O)CC(C)(C)C(=O)O)CCC54C)C3CCC2(CCN(CCN(C)C)Cc2ccc(OC(F)(F)F)cc2)CC1=O. The van der Waals surface area contributed by atoms with E-state index in [0.717, 1.165) is 88.6 Å². The van der Waals surface area contributed by atoms with Gasteiger partial charge in [0.1, 0.15) is 11.9 Å². The number of esters is 1. The summed E-state index contributed by atoms with van der Waals surface area (Å²) in [5.74, 6) is 0.552. The Balaban J connectivity index is 1.22. The average molecular weight is 829 g/mol. The summed E-state index contributed by atoms with van der Waals surface area (Å²) in [5, 5.41) is 9.63. The van der Waals surface area contributed by atoms with Gasteiger partial charge in [0.05, 0.1) is 11.8 Å². The molecule has 0 radical (unpaired) electrons. The number of aliphatic carboxylic acids is 1. The molecule has 8 atom stereocenters. The molecule has 8 nitrogen and oxygen atoms in total. The highest BCUT2D eigenvalue weighted by atomic mass is 19.4. The third kappa shape index (κ3) is 8.90. The zero-order chi connectivity index (χ0) is 43.5. The van der Waals surface area contributed by atoms with Crippen molar-refractivity contribution >= 4 is 17.7 Å². The average Bonchev–Trinajstić information content (AvgIpc) is 3.43. The van der Waals surface area contributed by atoms with Crippen molar-refractivity contribution in [2.45, 2.75) is 145 Å². The van der Waals surface area contributed by atoms with E-state index >= 15 is 0 Å². The third-order valence-electron chi connectivity index (χ3n) is 16.4. The lowest BCUT2D eigenvalue weighted by Crippen LogP contribution is -2.63. The van der Waals surface area contributed by atoms with Gasteiger partial charge in [-0.25, -0.2) is 0 Å². The van der Waals surface area contributed by atoms with Gasteiger partial charge in [-0.2, -0.15) is 0 Å². The van der Waals surface area contributed by atoms with Gasteiger partial charge in [0.15, 0.2) is 5.78 Å². The van der Waals surface area contributed by atoms with Crippen molar-refractivity contribution in [2.75, 3.05) is 33.7 Å². The molecule has 0 aliphatic heterocycles. The second kappa shape index (κ2) is 16.4. The maximum atomic E-state index is 14.2. The Morgan fingerprint density at radius 1 is 0.881 bits per heavy atom. The zero-order valence-corrected chi connectivity index (χ0v) is 37.4. The zero-order valence-electron chi connectivity index (χ0n) is 37.4. The van der Waals surface area contributed by atoms with Crippen molar-refractivity contribution in [1.29, 1.82) is 0 Å². The summed E-state index contributed by atoms with van der Waals surface area (Å²) in [6, 6.07) is 6.20. The Hall–Kier alpha value is -2.92. The number of hydrogen-bond acceptors (Lipinski definition) is 7. The topological polar surface area (TPSA) is 96.4 Å². The lowest BCUT2D eigenvalue weighted by Gasteiger charge is -2.69. The van der Waals surface area contributed by atoms with Crippen molar-refractivity contribution in [1.82, 2.24) is 9.80 Å². The molecule has 59 heavy (non-hydrogen) atoms. The Morgan fingerprint density at radius 2 is 1.54 bits per heavy atom. The van der Waals surface area contributed by atoms with Gasteiger partial charge in [0.25, 0.3) is 0 Å². The number of fused-ring (bicyclic) bond motifs is 7. The van der Waals surface area contributed by atoms with Crippen LogP contribution in [0, 0.1) is 56.7 Å². The molecule has 330 valence electrons. The Morgan fingerprint density at radius 3 is 2.15 bits per heavy atom. The number of carboxylic acids is 1. The maximum absolute atomic E-state index is 14.2. The van der Waals surface area contributed by atoms with Crippen molar-refractivity contribution in [3.05, 3.63) is 41.0 Å². The number of Topliss-reactive ketones (excluding diaryl/α,β-unsaturated/α-hetero) is 1. The van der Waals surface area contributed by atoms with E-state index in [2.05, 4.69) is 56.1 Å². The standard InChI is InChI=1S/C48H71F3N2O6/c1-30(2)40-35(54)27-47(23-24-53(26-25-52(9)10)29-31-11-13-32(14-12-31)59-48(49,50)51)22-17-34-33(41(40)47)15-16-37-45(34,7)20-18-36-44(5,6)38(19-21-46(36,37)8)58-39(55)28-43(3,4)42(56)57/h11-14,30,33-34,36-38H,15-29H2,1-10H3,(H,56,57). The molecule has 1 aromatic carbocycles. The van der Waals surface area contributed by atoms with Crippen LogP contribution in [0.5, 0.6) is 5.75 Å². The summed E-state index contributed by atoms with van der Waals surface area (Å²) < 4.78 is 48.8. The number of halogens is 3. The first-order chi connectivity index (χ1) is 27.3. The Bertz CT molecular complexity index is 1770. The fourth-order valence-electron chi connectivity index (χ4n) is 13.6. The molecule has 0 aromatic heterocycles. The highest BCUT2D eigenvalue weighted by Crippen LogP contribution is 2.73. The van der Waals surface area contributed by atoms with E-state index in [4.69, 9.17) is 4.74 Å². The molecular formula is C48H71F3N2O6. The molecule has 1 aromatic rings. The van der Waals surface area contributed by atoms with Gasteiger partial charge >= 0.3 is 18.3 Å². The predicted octanol–water partition coefficient (Wildman–Crippen LogP) is 10.3. The van der Waals surface area contributed by atoms with Crippen LogP contribution in [0.2, 0.25) is 0 Å². The van der Waals surface area contributed by atoms with Crippen molar-refractivity contribution in [2.24, 2.45) is 56.7 Å². The van der Waals surface area contributed by atoms with Gasteiger partial charge in [0.2, 0.25) is 0 Å². The molecule has 0 amide bonds. The van der Waals surface area contributed by atoms with E-state index in [0.29, 0.717) is 42.4 Å². The normalized spacial score (nSPS) is 33.1. The van der Waals surface area contributed by atoms with Crippen LogP contribution in [0.15, 0.2) is 35.4 Å². The highest BCUT2D eigenvalue weighted by molar-refractivity contribution is 6.00.